The van der Waals surface area contributed by atoms with Crippen LogP contribution in [0.5, 0.6) is 11.5 Å². The van der Waals surface area contributed by atoms with E-state index in [4.69, 9.17) is 14.2 Å². The van der Waals surface area contributed by atoms with E-state index in [1.807, 2.05) is 12.1 Å². The molecule has 2 saturated carbocycles. The summed E-state index contributed by atoms with van der Waals surface area (Å²) in [6.45, 7) is 3.90. The highest BCUT2D eigenvalue weighted by atomic mass is 16.5. The zero-order valence-electron chi connectivity index (χ0n) is 20.1. The lowest BCUT2D eigenvalue weighted by Gasteiger charge is -2.50. The van der Waals surface area contributed by atoms with E-state index in [-0.39, 0.29) is 17.5 Å². The molecule has 2 aromatic rings. The van der Waals surface area contributed by atoms with E-state index in [1.165, 1.54) is 30.0 Å². The average Bonchev–Trinajstić information content (AvgIpc) is 3.10. The first kappa shape index (κ1) is 22.1. The van der Waals surface area contributed by atoms with Crippen LogP contribution in [-0.4, -0.2) is 26.3 Å². The lowest BCUT2D eigenvalue weighted by atomic mass is 9.55. The second-order valence-electron chi connectivity index (χ2n) is 10.2. The largest absolute Gasteiger partial charge is 0.497 e. The third-order valence-electron chi connectivity index (χ3n) is 8.51. The van der Waals surface area contributed by atoms with Gasteiger partial charge in [0.1, 0.15) is 17.6 Å². The lowest BCUT2D eigenvalue weighted by molar-refractivity contribution is -0.152. The van der Waals surface area contributed by atoms with E-state index in [0.717, 1.165) is 42.7 Å². The van der Waals surface area contributed by atoms with Crippen LogP contribution in [0.25, 0.3) is 6.08 Å². The minimum atomic E-state index is -0.189. The number of rotatable bonds is 4. The van der Waals surface area contributed by atoms with Crippen LogP contribution in [0.2, 0.25) is 0 Å². The Hall–Kier alpha value is -2.75. The molecular formula is C29H34O4. The Labute approximate surface area is 196 Å². The maximum absolute atomic E-state index is 12.1. The molecule has 4 nitrogen and oxygen atoms in total. The van der Waals surface area contributed by atoms with Crippen molar-refractivity contribution in [1.29, 1.82) is 0 Å². The van der Waals surface area contributed by atoms with Crippen LogP contribution in [0.15, 0.2) is 48.0 Å². The summed E-state index contributed by atoms with van der Waals surface area (Å²) in [5.74, 6) is 3.32. The van der Waals surface area contributed by atoms with Gasteiger partial charge in [-0.1, -0.05) is 31.2 Å². The lowest BCUT2D eigenvalue weighted by Crippen LogP contribution is -2.45. The summed E-state index contributed by atoms with van der Waals surface area (Å²) in [7, 11) is 3.42. The Morgan fingerprint density at radius 3 is 2.45 bits per heavy atom. The molecule has 0 heterocycles. The molecule has 0 saturated heterocycles. The van der Waals surface area contributed by atoms with Crippen molar-refractivity contribution in [2.75, 3.05) is 14.2 Å². The van der Waals surface area contributed by atoms with Crippen molar-refractivity contribution in [2.24, 2.45) is 17.3 Å². The van der Waals surface area contributed by atoms with Gasteiger partial charge in [0.05, 0.1) is 14.2 Å². The first-order chi connectivity index (χ1) is 15.9. The van der Waals surface area contributed by atoms with E-state index >= 15 is 0 Å². The van der Waals surface area contributed by atoms with E-state index in [0.29, 0.717) is 17.8 Å². The number of fused-ring (bicyclic) bond motifs is 5. The Morgan fingerprint density at radius 1 is 1.03 bits per heavy atom. The van der Waals surface area contributed by atoms with E-state index in [2.05, 4.69) is 43.3 Å². The molecule has 2 fully saturated rings. The van der Waals surface area contributed by atoms with E-state index in [1.54, 1.807) is 14.2 Å². The first-order valence-corrected chi connectivity index (χ1v) is 12.1. The molecule has 0 amide bonds. The number of methoxy groups -OCH3 is 2. The van der Waals surface area contributed by atoms with Gasteiger partial charge < -0.3 is 14.2 Å². The predicted octanol–water partition coefficient (Wildman–Crippen LogP) is 6.19. The first-order valence-electron chi connectivity index (χ1n) is 12.1. The maximum Gasteiger partial charge on any atom is 0.303 e. The van der Waals surface area contributed by atoms with Crippen LogP contribution in [-0.2, 0) is 16.0 Å². The molecule has 0 spiro atoms. The Kier molecular flexibility index (Phi) is 5.72. The van der Waals surface area contributed by atoms with Crippen LogP contribution < -0.4 is 9.47 Å². The van der Waals surface area contributed by atoms with Gasteiger partial charge in [-0.2, -0.15) is 0 Å². The van der Waals surface area contributed by atoms with Gasteiger partial charge in [-0.15, -0.1) is 0 Å². The Bertz CT molecular complexity index is 1070. The molecule has 0 aliphatic heterocycles. The smallest absolute Gasteiger partial charge is 0.303 e. The molecule has 4 heteroatoms. The van der Waals surface area contributed by atoms with Gasteiger partial charge >= 0.3 is 5.97 Å². The highest BCUT2D eigenvalue weighted by Gasteiger charge is 2.58. The maximum atomic E-state index is 12.1. The molecule has 2 aromatic carbocycles. The number of carbonyl (C=O) groups is 1. The number of hydrogen-bond donors (Lipinski definition) is 0. The summed E-state index contributed by atoms with van der Waals surface area (Å²) < 4.78 is 16.8. The van der Waals surface area contributed by atoms with Crippen LogP contribution in [0.3, 0.4) is 0 Å². The van der Waals surface area contributed by atoms with Gasteiger partial charge in [0, 0.05) is 12.3 Å². The zero-order chi connectivity index (χ0) is 23.2. The molecule has 174 valence electrons. The van der Waals surface area contributed by atoms with Crippen molar-refractivity contribution in [1.82, 2.24) is 0 Å². The fourth-order valence-electron chi connectivity index (χ4n) is 6.95. The van der Waals surface area contributed by atoms with Gasteiger partial charge in [0.25, 0.3) is 0 Å². The molecule has 3 aliphatic rings. The van der Waals surface area contributed by atoms with Gasteiger partial charge in [0.15, 0.2) is 0 Å². The zero-order valence-corrected chi connectivity index (χ0v) is 20.1. The number of esters is 1. The fraction of sp³-hybridized carbons (Fsp3) is 0.483. The molecule has 0 N–H and O–H groups in total. The third kappa shape index (κ3) is 3.84. The molecule has 0 aromatic heterocycles. The summed E-state index contributed by atoms with van der Waals surface area (Å²) in [6.07, 6.45) is 7.58. The third-order valence-corrected chi connectivity index (χ3v) is 8.51. The summed E-state index contributed by atoms with van der Waals surface area (Å²) in [4.78, 5) is 12.1. The van der Waals surface area contributed by atoms with Crippen molar-refractivity contribution < 1.29 is 19.0 Å². The van der Waals surface area contributed by atoms with Gasteiger partial charge in [-0.3, -0.25) is 4.79 Å². The molecule has 5 rings (SSSR count). The van der Waals surface area contributed by atoms with Crippen molar-refractivity contribution in [3.8, 4) is 11.5 Å². The average molecular weight is 447 g/mol. The standard InChI is InChI=1S/C29H34O4/c1-18(30)33-28-21(15-19-5-8-22(31-3)9-6-19)17-27-26-11-7-20-16-23(32-4)10-12-24(20)25(26)13-14-29(27,28)2/h5-6,8-10,12,15-16,25-28H,7,11,13-14,17H2,1-4H3/b21-15+/t25-,26+,27+,28+,29-/m0/s1. The van der Waals surface area contributed by atoms with Crippen molar-refractivity contribution in [3.63, 3.8) is 0 Å². The molecule has 33 heavy (non-hydrogen) atoms. The SMILES string of the molecule is COc1ccc(/C=C2\C[C@@H]3[C@@H]4CCc5cc(OC)ccc5[C@@H]4CC[C@]3(C)[C@@H]2OC(C)=O)cc1. The van der Waals surface area contributed by atoms with Gasteiger partial charge in [-0.05, 0) is 96.4 Å². The number of aryl methyl sites for hydroxylation is 1. The molecule has 5 atom stereocenters. The molecule has 0 radical (unpaired) electrons. The second-order valence-corrected chi connectivity index (χ2v) is 10.2. The Balaban J connectivity index is 1.49. The fourth-order valence-corrected chi connectivity index (χ4v) is 6.95. The quantitative estimate of drug-likeness (QED) is 0.526. The minimum Gasteiger partial charge on any atom is -0.497 e. The second kappa shape index (κ2) is 8.55. The predicted molar refractivity (Wildman–Crippen MR) is 130 cm³/mol. The summed E-state index contributed by atoms with van der Waals surface area (Å²) in [5, 5.41) is 0. The monoisotopic (exact) mass is 446 g/mol. The normalized spacial score (nSPS) is 31.3. The van der Waals surface area contributed by atoms with E-state index < -0.39 is 0 Å². The van der Waals surface area contributed by atoms with Crippen molar-refractivity contribution in [3.05, 3.63) is 64.7 Å². The van der Waals surface area contributed by atoms with Crippen LogP contribution in [0.1, 0.15) is 62.1 Å². The summed E-state index contributed by atoms with van der Waals surface area (Å²) in [6, 6.07) is 14.8. The number of carbonyl (C=O) groups excluding carboxylic acids is 1. The van der Waals surface area contributed by atoms with E-state index in [9.17, 15) is 4.79 Å². The molecular weight excluding hydrogens is 412 g/mol. The number of benzene rings is 2. The summed E-state index contributed by atoms with van der Waals surface area (Å²) in [5.41, 5.74) is 5.31. The van der Waals surface area contributed by atoms with Crippen molar-refractivity contribution >= 4 is 12.0 Å². The van der Waals surface area contributed by atoms with Gasteiger partial charge in [0.2, 0.25) is 0 Å². The van der Waals surface area contributed by atoms with Crippen LogP contribution in [0, 0.1) is 17.3 Å². The molecule has 0 unspecified atom stereocenters. The topological polar surface area (TPSA) is 44.8 Å². The Morgan fingerprint density at radius 2 is 1.76 bits per heavy atom. The number of ether oxygens (including phenoxy) is 3. The van der Waals surface area contributed by atoms with Gasteiger partial charge in [-0.25, -0.2) is 0 Å². The van der Waals surface area contributed by atoms with Crippen LogP contribution in [0.4, 0.5) is 0 Å². The highest BCUT2D eigenvalue weighted by molar-refractivity contribution is 5.67. The minimum absolute atomic E-state index is 0.0187. The summed E-state index contributed by atoms with van der Waals surface area (Å²) >= 11 is 0. The molecule has 0 bridgehead atoms. The van der Waals surface area contributed by atoms with Crippen molar-refractivity contribution in [2.45, 2.75) is 58.0 Å². The molecule has 3 aliphatic carbocycles. The number of hydrogen-bond acceptors (Lipinski definition) is 4. The highest BCUT2D eigenvalue weighted by Crippen LogP contribution is 2.63. The van der Waals surface area contributed by atoms with Crippen LogP contribution >= 0.6 is 0 Å².